The van der Waals surface area contributed by atoms with Crippen molar-refractivity contribution in [2.75, 3.05) is 13.1 Å². The van der Waals surface area contributed by atoms with Crippen LogP contribution in [0, 0.1) is 5.82 Å². The van der Waals surface area contributed by atoms with E-state index in [1.54, 1.807) is 23.1 Å². The molecule has 0 unspecified atom stereocenters. The lowest BCUT2D eigenvalue weighted by Gasteiger charge is -2.38. The van der Waals surface area contributed by atoms with E-state index in [1.807, 2.05) is 6.07 Å². The molecule has 1 aromatic heterocycles. The fourth-order valence-electron chi connectivity index (χ4n) is 2.11. The van der Waals surface area contributed by atoms with Gasteiger partial charge in [0.05, 0.1) is 19.0 Å². The highest BCUT2D eigenvalue weighted by Crippen LogP contribution is 2.17. The molecule has 1 aliphatic heterocycles. The lowest BCUT2D eigenvalue weighted by atomic mass is 10.1. The van der Waals surface area contributed by atoms with E-state index in [0.717, 1.165) is 5.56 Å². The van der Waals surface area contributed by atoms with E-state index in [4.69, 9.17) is 9.15 Å². The summed E-state index contributed by atoms with van der Waals surface area (Å²) in [7, 11) is 0. The van der Waals surface area contributed by atoms with Gasteiger partial charge >= 0.3 is 0 Å². The predicted octanol–water partition coefficient (Wildman–Crippen LogP) is 2.46. The quantitative estimate of drug-likeness (QED) is 0.860. The summed E-state index contributed by atoms with van der Waals surface area (Å²) < 4.78 is 23.7. The number of hydrogen-bond acceptors (Lipinski definition) is 3. The number of ether oxygens (including phenoxy) is 1. The maximum atomic E-state index is 13.0. The highest BCUT2D eigenvalue weighted by atomic mass is 19.1. The fraction of sp³-hybridized carbons (Fsp3) is 0.267. The summed E-state index contributed by atoms with van der Waals surface area (Å²) in [6.45, 7) is 1.43. The van der Waals surface area contributed by atoms with Gasteiger partial charge in [0.25, 0.3) is 5.91 Å². The summed E-state index contributed by atoms with van der Waals surface area (Å²) in [5.74, 6) is -0.0523. The molecule has 104 valence electrons. The van der Waals surface area contributed by atoms with Crippen molar-refractivity contribution in [2.45, 2.75) is 12.7 Å². The lowest BCUT2D eigenvalue weighted by molar-refractivity contribution is -0.0512. The molecule has 0 atom stereocenters. The van der Waals surface area contributed by atoms with Crippen molar-refractivity contribution < 1.29 is 18.3 Å². The first-order valence-corrected chi connectivity index (χ1v) is 6.41. The summed E-state index contributed by atoms with van der Waals surface area (Å²) in [5, 5.41) is 0. The second-order valence-electron chi connectivity index (χ2n) is 4.75. The first kappa shape index (κ1) is 12.9. The summed E-state index contributed by atoms with van der Waals surface area (Å²) >= 11 is 0. The molecule has 4 nitrogen and oxygen atoms in total. The Bertz CT molecular complexity index is 591. The molecule has 0 bridgehead atoms. The highest BCUT2D eigenvalue weighted by molar-refractivity contribution is 5.92. The van der Waals surface area contributed by atoms with Crippen LogP contribution in [-0.4, -0.2) is 30.0 Å². The minimum absolute atomic E-state index is 0.00261. The first-order chi connectivity index (χ1) is 9.72. The average Bonchev–Trinajstić information content (AvgIpc) is 2.90. The van der Waals surface area contributed by atoms with Gasteiger partial charge in [-0.3, -0.25) is 4.79 Å². The number of likely N-dealkylation sites (tertiary alicyclic amines) is 1. The van der Waals surface area contributed by atoms with Crippen LogP contribution in [0.1, 0.15) is 16.1 Å². The molecule has 0 radical (unpaired) electrons. The monoisotopic (exact) mass is 275 g/mol. The number of hydrogen-bond donors (Lipinski definition) is 0. The normalized spacial score (nSPS) is 15.2. The molecule has 0 aliphatic carbocycles. The second-order valence-corrected chi connectivity index (χ2v) is 4.75. The molecule has 2 aromatic rings. The zero-order chi connectivity index (χ0) is 13.9. The largest absolute Gasteiger partial charge is 0.459 e. The van der Waals surface area contributed by atoms with Gasteiger partial charge in [-0.05, 0) is 29.8 Å². The van der Waals surface area contributed by atoms with Crippen molar-refractivity contribution in [3.05, 3.63) is 59.8 Å². The van der Waals surface area contributed by atoms with Crippen molar-refractivity contribution in [1.82, 2.24) is 4.90 Å². The Hall–Kier alpha value is -2.14. The first-order valence-electron chi connectivity index (χ1n) is 6.41. The van der Waals surface area contributed by atoms with E-state index in [9.17, 15) is 9.18 Å². The van der Waals surface area contributed by atoms with Gasteiger partial charge in [0, 0.05) is 13.1 Å². The van der Waals surface area contributed by atoms with Crippen molar-refractivity contribution in [3.8, 4) is 0 Å². The van der Waals surface area contributed by atoms with Crippen molar-refractivity contribution in [3.63, 3.8) is 0 Å². The van der Waals surface area contributed by atoms with Crippen molar-refractivity contribution in [1.29, 1.82) is 0 Å². The SMILES string of the molecule is O=C(c1ccco1)N1CC(OCc2cccc(F)c2)C1. The lowest BCUT2D eigenvalue weighted by Crippen LogP contribution is -2.54. The van der Waals surface area contributed by atoms with Crippen LogP contribution in [0.2, 0.25) is 0 Å². The van der Waals surface area contributed by atoms with Gasteiger partial charge in [-0.25, -0.2) is 4.39 Å². The number of furan rings is 1. The second kappa shape index (κ2) is 5.46. The van der Waals surface area contributed by atoms with Crippen LogP contribution in [0.5, 0.6) is 0 Å². The minimum Gasteiger partial charge on any atom is -0.459 e. The summed E-state index contributed by atoms with van der Waals surface area (Å²) in [6.07, 6.45) is 1.47. The fourth-order valence-corrected chi connectivity index (χ4v) is 2.11. The summed E-state index contributed by atoms with van der Waals surface area (Å²) in [4.78, 5) is 13.5. The van der Waals surface area contributed by atoms with Crippen LogP contribution >= 0.6 is 0 Å². The van der Waals surface area contributed by atoms with Gasteiger partial charge in [0.15, 0.2) is 5.76 Å². The number of amides is 1. The molecule has 1 aliphatic rings. The molecule has 0 spiro atoms. The zero-order valence-corrected chi connectivity index (χ0v) is 10.8. The van der Waals surface area contributed by atoms with Crippen molar-refractivity contribution in [2.24, 2.45) is 0 Å². The van der Waals surface area contributed by atoms with Gasteiger partial charge in [-0.1, -0.05) is 12.1 Å². The van der Waals surface area contributed by atoms with Crippen LogP contribution in [0.25, 0.3) is 0 Å². The Morgan fingerprint density at radius 2 is 2.20 bits per heavy atom. The highest BCUT2D eigenvalue weighted by Gasteiger charge is 2.32. The zero-order valence-electron chi connectivity index (χ0n) is 10.8. The Morgan fingerprint density at radius 3 is 2.90 bits per heavy atom. The van der Waals surface area contributed by atoms with Crippen LogP contribution in [0.15, 0.2) is 47.1 Å². The van der Waals surface area contributed by atoms with Gasteiger partial charge < -0.3 is 14.1 Å². The molecule has 1 amide bonds. The van der Waals surface area contributed by atoms with E-state index >= 15 is 0 Å². The molecule has 2 heterocycles. The molecule has 1 fully saturated rings. The van der Waals surface area contributed by atoms with Gasteiger partial charge in [-0.15, -0.1) is 0 Å². The Labute approximate surface area is 115 Å². The molecule has 20 heavy (non-hydrogen) atoms. The number of rotatable bonds is 4. The minimum atomic E-state index is -0.269. The van der Waals surface area contributed by atoms with Crippen LogP contribution in [-0.2, 0) is 11.3 Å². The molecule has 0 N–H and O–H groups in total. The van der Waals surface area contributed by atoms with Crippen LogP contribution in [0.4, 0.5) is 4.39 Å². The number of benzene rings is 1. The molecule has 0 saturated carbocycles. The summed E-state index contributed by atoms with van der Waals surface area (Å²) in [6, 6.07) is 9.64. The predicted molar refractivity (Wildman–Crippen MR) is 69.6 cm³/mol. The summed E-state index contributed by atoms with van der Waals surface area (Å²) in [5.41, 5.74) is 0.792. The molecular weight excluding hydrogens is 261 g/mol. The maximum absolute atomic E-state index is 13.0. The van der Waals surface area contributed by atoms with Gasteiger partial charge in [-0.2, -0.15) is 0 Å². The number of carbonyl (C=O) groups excluding carboxylic acids is 1. The van der Waals surface area contributed by atoms with Crippen LogP contribution < -0.4 is 0 Å². The van der Waals surface area contributed by atoms with Gasteiger partial charge in [0.2, 0.25) is 0 Å². The topological polar surface area (TPSA) is 42.7 Å². The molecule has 5 heteroatoms. The van der Waals surface area contributed by atoms with Crippen molar-refractivity contribution >= 4 is 5.91 Å². The van der Waals surface area contributed by atoms with E-state index in [2.05, 4.69) is 0 Å². The molecule has 3 rings (SSSR count). The number of nitrogens with zero attached hydrogens (tertiary/aromatic N) is 1. The van der Waals surface area contributed by atoms with E-state index in [0.29, 0.717) is 25.5 Å². The third-order valence-electron chi connectivity index (χ3n) is 3.24. The van der Waals surface area contributed by atoms with Gasteiger partial charge in [0.1, 0.15) is 5.82 Å². The average molecular weight is 275 g/mol. The van der Waals surface area contributed by atoms with E-state index in [1.165, 1.54) is 18.4 Å². The Kier molecular flexibility index (Phi) is 3.52. The molecule has 1 aromatic carbocycles. The van der Waals surface area contributed by atoms with E-state index in [-0.39, 0.29) is 17.8 Å². The molecular formula is C15H14FNO3. The van der Waals surface area contributed by atoms with E-state index < -0.39 is 0 Å². The van der Waals surface area contributed by atoms with Crippen LogP contribution in [0.3, 0.4) is 0 Å². The number of carbonyl (C=O) groups is 1. The standard InChI is InChI=1S/C15H14FNO3/c16-12-4-1-3-11(7-12)10-20-13-8-17(9-13)15(18)14-5-2-6-19-14/h1-7,13H,8-10H2. The smallest absolute Gasteiger partial charge is 0.289 e. The third-order valence-corrected chi connectivity index (χ3v) is 3.24. The maximum Gasteiger partial charge on any atom is 0.289 e. The molecule has 1 saturated heterocycles. The third kappa shape index (κ3) is 2.72. The Balaban J connectivity index is 1.46. The Morgan fingerprint density at radius 1 is 1.35 bits per heavy atom. The number of halogens is 1.